The quantitative estimate of drug-likeness (QED) is 0.327. The first-order valence-corrected chi connectivity index (χ1v) is 13.5. The second-order valence-corrected chi connectivity index (χ2v) is 11.8. The van der Waals surface area contributed by atoms with Crippen molar-refractivity contribution in [3.63, 3.8) is 0 Å². The molecule has 0 radical (unpaired) electrons. The maximum absolute atomic E-state index is 13.1. The summed E-state index contributed by atoms with van der Waals surface area (Å²) in [6.45, 7) is 11.9. The first-order chi connectivity index (χ1) is 18.2. The molecule has 0 spiro atoms. The average Bonchev–Trinajstić information content (AvgIpc) is 3.09. The van der Waals surface area contributed by atoms with Gasteiger partial charge in [0, 0.05) is 37.5 Å². The van der Waals surface area contributed by atoms with Crippen LogP contribution in [0.5, 0.6) is 0 Å². The summed E-state index contributed by atoms with van der Waals surface area (Å²) in [5.41, 5.74) is -1.34. The van der Waals surface area contributed by atoms with Crippen LogP contribution in [-0.4, -0.2) is 58.1 Å². The minimum Gasteiger partial charge on any atom is -0.462 e. The second-order valence-electron chi connectivity index (χ2n) is 11.8. The van der Waals surface area contributed by atoms with Gasteiger partial charge in [0.1, 0.15) is 23.9 Å². The minimum absolute atomic E-state index is 0.135. The molecule has 8 nitrogen and oxygen atoms in total. The summed E-state index contributed by atoms with van der Waals surface area (Å²) in [6.07, 6.45) is 2.43. The maximum atomic E-state index is 13.1. The molecule has 0 unspecified atom stereocenters. The van der Waals surface area contributed by atoms with E-state index in [1.54, 1.807) is 43.3 Å². The first-order valence-electron chi connectivity index (χ1n) is 13.5. The predicted octanol–water partition coefficient (Wildman–Crippen LogP) is 4.39. The molecule has 0 heterocycles. The second kappa shape index (κ2) is 12.0. The highest BCUT2D eigenvalue weighted by Crippen LogP contribution is 2.48. The topological polar surface area (TPSA) is 119 Å². The number of esters is 3. The molecule has 0 aliphatic heterocycles. The van der Waals surface area contributed by atoms with Gasteiger partial charge in [0.25, 0.3) is 0 Å². The number of ether oxygens (including phenoxy) is 3. The Bertz CT molecular complexity index is 1110. The third-order valence-electron chi connectivity index (χ3n) is 8.03. The van der Waals surface area contributed by atoms with Crippen LogP contribution < -0.4 is 0 Å². The van der Waals surface area contributed by atoms with Crippen LogP contribution in [0, 0.1) is 23.2 Å². The van der Waals surface area contributed by atoms with Crippen LogP contribution >= 0.6 is 0 Å². The Morgan fingerprint density at radius 1 is 0.974 bits per heavy atom. The Morgan fingerprint density at radius 3 is 2.18 bits per heavy atom. The van der Waals surface area contributed by atoms with Crippen molar-refractivity contribution >= 4 is 17.9 Å². The van der Waals surface area contributed by atoms with E-state index < -0.39 is 65.2 Å². The van der Waals surface area contributed by atoms with Gasteiger partial charge >= 0.3 is 17.9 Å². The van der Waals surface area contributed by atoms with Crippen molar-refractivity contribution in [2.75, 3.05) is 0 Å². The lowest BCUT2D eigenvalue weighted by molar-refractivity contribution is -0.173. The molecule has 8 atom stereocenters. The van der Waals surface area contributed by atoms with Gasteiger partial charge in [-0.1, -0.05) is 64.1 Å². The first kappa shape index (κ1) is 30.6. The molecule has 39 heavy (non-hydrogen) atoms. The molecule has 1 aromatic carbocycles. The van der Waals surface area contributed by atoms with E-state index in [0.717, 1.165) is 0 Å². The lowest BCUT2D eigenvalue weighted by Crippen LogP contribution is -2.52. The molecule has 2 aliphatic carbocycles. The average molecular weight is 543 g/mol. The summed E-state index contributed by atoms with van der Waals surface area (Å²) in [5, 5.41) is 23.5. The zero-order valence-electron chi connectivity index (χ0n) is 23.9. The van der Waals surface area contributed by atoms with Crippen LogP contribution in [0.25, 0.3) is 0 Å². The number of fused-ring (bicyclic) bond motifs is 1. The molecule has 0 bridgehead atoms. The number of hydrogen-bond acceptors (Lipinski definition) is 8. The predicted molar refractivity (Wildman–Crippen MR) is 145 cm³/mol. The van der Waals surface area contributed by atoms with E-state index >= 15 is 0 Å². The van der Waals surface area contributed by atoms with Crippen molar-refractivity contribution in [1.82, 2.24) is 0 Å². The molecule has 214 valence electrons. The summed E-state index contributed by atoms with van der Waals surface area (Å²) in [4.78, 5) is 37.2. The van der Waals surface area contributed by atoms with Crippen LogP contribution in [0.4, 0.5) is 0 Å². The van der Waals surface area contributed by atoms with Crippen LogP contribution in [0.1, 0.15) is 71.7 Å². The van der Waals surface area contributed by atoms with Crippen molar-refractivity contribution in [2.45, 2.75) is 91.3 Å². The molecule has 2 aliphatic rings. The summed E-state index contributed by atoms with van der Waals surface area (Å²) >= 11 is 0. The van der Waals surface area contributed by atoms with E-state index in [0.29, 0.717) is 11.1 Å². The van der Waals surface area contributed by atoms with E-state index in [4.69, 9.17) is 14.2 Å². The fourth-order valence-corrected chi connectivity index (χ4v) is 5.85. The highest BCUT2D eigenvalue weighted by molar-refractivity contribution is 5.89. The highest BCUT2D eigenvalue weighted by Gasteiger charge is 2.58. The van der Waals surface area contributed by atoms with Crippen LogP contribution in [-0.2, 0) is 23.8 Å². The number of hydrogen-bond donors (Lipinski definition) is 2. The Kier molecular flexibility index (Phi) is 9.44. The molecule has 1 aromatic rings. The molecule has 1 saturated carbocycles. The lowest BCUT2D eigenvalue weighted by Gasteiger charge is -2.40. The van der Waals surface area contributed by atoms with Gasteiger partial charge in [-0.15, -0.1) is 0 Å². The number of benzene rings is 1. The van der Waals surface area contributed by atoms with E-state index in [1.165, 1.54) is 13.8 Å². The van der Waals surface area contributed by atoms with Crippen molar-refractivity contribution in [3.8, 4) is 0 Å². The number of carbonyl (C=O) groups excluding carboxylic acids is 3. The highest BCUT2D eigenvalue weighted by atomic mass is 16.6. The maximum Gasteiger partial charge on any atom is 0.338 e. The van der Waals surface area contributed by atoms with Crippen molar-refractivity contribution in [1.29, 1.82) is 0 Å². The Morgan fingerprint density at radius 2 is 1.59 bits per heavy atom. The minimum atomic E-state index is -1.59. The number of aliphatic hydroxyl groups excluding tert-OH is 1. The number of aliphatic hydroxyl groups is 2. The van der Waals surface area contributed by atoms with Crippen LogP contribution in [0.15, 0.2) is 54.1 Å². The number of carbonyl (C=O) groups is 3. The van der Waals surface area contributed by atoms with E-state index in [1.807, 2.05) is 39.8 Å². The molecular weight excluding hydrogens is 500 g/mol. The third-order valence-corrected chi connectivity index (χ3v) is 8.03. The molecule has 0 aromatic heterocycles. The fourth-order valence-electron chi connectivity index (χ4n) is 5.85. The lowest BCUT2D eigenvalue weighted by atomic mass is 9.75. The smallest absolute Gasteiger partial charge is 0.338 e. The molecule has 8 heteroatoms. The molecule has 0 saturated heterocycles. The van der Waals surface area contributed by atoms with Crippen molar-refractivity contribution in [3.05, 3.63) is 59.7 Å². The van der Waals surface area contributed by atoms with Crippen molar-refractivity contribution < 1.29 is 38.8 Å². The Hall–Kier alpha value is -2.97. The third kappa shape index (κ3) is 6.97. The normalized spacial score (nSPS) is 36.6. The standard InChI is InChI=1S/C31H42O8/c1-18-13-14-30(6,7)26(37-21(4)32)16-25(34)19(2)15-24-27(39-29(35)23-11-9-8-10-12-23)20(3)17-31(24,36)28(18)38-22(5)33/h8-15,18,20,24-28,34,36H,16-17H2,1-7H3/b14-13-,19-15+/t18-,20-,24-,25+,26+,27+,28-,31-/m1/s1. The summed E-state index contributed by atoms with van der Waals surface area (Å²) in [6, 6.07) is 8.61. The number of rotatable bonds is 4. The van der Waals surface area contributed by atoms with Gasteiger partial charge in [-0.2, -0.15) is 0 Å². The van der Waals surface area contributed by atoms with Gasteiger partial charge in [-0.3, -0.25) is 9.59 Å². The van der Waals surface area contributed by atoms with Gasteiger partial charge in [0.15, 0.2) is 0 Å². The van der Waals surface area contributed by atoms with Gasteiger partial charge in [-0.25, -0.2) is 4.79 Å². The molecule has 2 N–H and O–H groups in total. The van der Waals surface area contributed by atoms with Gasteiger partial charge in [0.05, 0.1) is 11.7 Å². The Labute approximate surface area is 231 Å². The monoisotopic (exact) mass is 542 g/mol. The molecule has 0 amide bonds. The van der Waals surface area contributed by atoms with Gasteiger partial charge in [0.2, 0.25) is 0 Å². The molecular formula is C31H42O8. The largest absolute Gasteiger partial charge is 0.462 e. The van der Waals surface area contributed by atoms with Crippen LogP contribution in [0.3, 0.4) is 0 Å². The summed E-state index contributed by atoms with van der Waals surface area (Å²) in [5.74, 6) is -3.03. The van der Waals surface area contributed by atoms with Gasteiger partial charge in [-0.05, 0) is 37.0 Å². The van der Waals surface area contributed by atoms with E-state index in [9.17, 15) is 24.6 Å². The Balaban J connectivity index is 2.13. The molecule has 3 rings (SSSR count). The fraction of sp³-hybridized carbons (Fsp3) is 0.581. The van der Waals surface area contributed by atoms with Gasteiger partial charge < -0.3 is 24.4 Å². The van der Waals surface area contributed by atoms with Crippen LogP contribution in [0.2, 0.25) is 0 Å². The van der Waals surface area contributed by atoms with E-state index in [-0.39, 0.29) is 18.8 Å². The van der Waals surface area contributed by atoms with E-state index in [2.05, 4.69) is 0 Å². The summed E-state index contributed by atoms with van der Waals surface area (Å²) in [7, 11) is 0. The van der Waals surface area contributed by atoms with Crippen molar-refractivity contribution in [2.24, 2.45) is 23.2 Å². The zero-order valence-corrected chi connectivity index (χ0v) is 23.9. The molecule has 1 fully saturated rings. The SMILES string of the molecule is CC(=O)O[C@H]1C[C@H](O)/C(C)=C/[C@@H]2[C@@H](OC(=O)c3ccccc3)[C@H](C)C[C@]2(O)[C@H](OC(C)=O)[C@H](C)/C=C\C1(C)C. The zero-order chi connectivity index (χ0) is 29.1. The summed E-state index contributed by atoms with van der Waals surface area (Å²) < 4.78 is 17.4.